The van der Waals surface area contributed by atoms with E-state index in [9.17, 15) is 4.79 Å². The number of hydrogen-bond acceptors (Lipinski definition) is 8. The van der Waals surface area contributed by atoms with Crippen molar-refractivity contribution in [1.82, 2.24) is 30.0 Å². The molecule has 0 bridgehead atoms. The van der Waals surface area contributed by atoms with E-state index < -0.39 is 0 Å². The van der Waals surface area contributed by atoms with Crippen molar-refractivity contribution in [2.75, 3.05) is 26.0 Å². The summed E-state index contributed by atoms with van der Waals surface area (Å²) in [4.78, 5) is 23.9. The number of thiophene rings is 1. The van der Waals surface area contributed by atoms with Gasteiger partial charge in [0.15, 0.2) is 0 Å². The maximum absolute atomic E-state index is 11.8. The number of nitrogens with one attached hydrogen (secondary N) is 2. The highest BCUT2D eigenvalue weighted by molar-refractivity contribution is 7.19. The van der Waals surface area contributed by atoms with Gasteiger partial charge in [0, 0.05) is 38.1 Å². The van der Waals surface area contributed by atoms with Crippen molar-refractivity contribution in [3.05, 3.63) is 77.6 Å². The fraction of sp³-hybridized carbons (Fsp3) is 0.241. The van der Waals surface area contributed by atoms with E-state index in [-0.39, 0.29) is 18.2 Å². The second kappa shape index (κ2) is 10.7. The minimum atomic E-state index is -0.335. The molecule has 9 nitrogen and oxygen atoms in total. The Kier molecular flexibility index (Phi) is 6.84. The number of nitrogens with zero attached hydrogens (tertiary/aromatic N) is 5. The minimum Gasteiger partial charge on any atom is -0.445 e. The Hall–Kier alpha value is -4.46. The van der Waals surface area contributed by atoms with Crippen LogP contribution in [0.5, 0.6) is 0 Å². The molecule has 196 valence electrons. The SMILES string of the molecule is CN(C)C(=O)O[C@H]1CN[C@H](C#Cc2cc3c(Nc4ccc5c(cnn5Cc5ccccc5)c4)ncnc3s2)C1. The number of carbonyl (C=O) groups is 1. The minimum absolute atomic E-state index is 0.0339. The zero-order chi connectivity index (χ0) is 26.8. The quantitative estimate of drug-likeness (QED) is 0.316. The maximum atomic E-state index is 11.8. The third-order valence-corrected chi connectivity index (χ3v) is 7.46. The van der Waals surface area contributed by atoms with Gasteiger partial charge in [0.2, 0.25) is 0 Å². The van der Waals surface area contributed by atoms with Crippen LogP contribution in [0.25, 0.3) is 21.1 Å². The standard InChI is InChI=1S/C29H27N7O2S/c1-35(2)29(37)38-23-13-21(30-16-23)8-10-24-14-25-27(31-18-32-28(25)39-24)34-22-9-11-26-20(12-22)15-33-36(26)17-19-6-4-3-5-7-19/h3-7,9,11-12,14-15,18,21,23,30H,13,16-17H2,1-2H3,(H,31,32,34)/t21-,23-/m1/s1. The lowest BCUT2D eigenvalue weighted by Crippen LogP contribution is -2.29. The number of anilines is 2. The van der Waals surface area contributed by atoms with E-state index in [0.29, 0.717) is 13.0 Å². The molecule has 0 spiro atoms. The summed E-state index contributed by atoms with van der Waals surface area (Å²) < 4.78 is 7.47. The summed E-state index contributed by atoms with van der Waals surface area (Å²) in [5.74, 6) is 7.26. The Morgan fingerprint density at radius 3 is 2.92 bits per heavy atom. The summed E-state index contributed by atoms with van der Waals surface area (Å²) in [7, 11) is 3.35. The summed E-state index contributed by atoms with van der Waals surface area (Å²) in [5, 5.41) is 13.3. The molecule has 5 aromatic rings. The molecule has 0 aliphatic carbocycles. The largest absolute Gasteiger partial charge is 0.445 e. The molecular weight excluding hydrogens is 510 g/mol. The van der Waals surface area contributed by atoms with Crippen molar-refractivity contribution in [2.45, 2.75) is 25.1 Å². The zero-order valence-corrected chi connectivity index (χ0v) is 22.4. The van der Waals surface area contributed by atoms with Gasteiger partial charge in [0.1, 0.15) is 23.1 Å². The van der Waals surface area contributed by atoms with Crippen LogP contribution in [0, 0.1) is 11.8 Å². The number of benzene rings is 2. The first kappa shape index (κ1) is 24.9. The van der Waals surface area contributed by atoms with Gasteiger partial charge < -0.3 is 15.0 Å². The highest BCUT2D eigenvalue weighted by atomic mass is 32.1. The summed E-state index contributed by atoms with van der Waals surface area (Å²) in [6.45, 7) is 1.32. The lowest BCUT2D eigenvalue weighted by atomic mass is 10.2. The number of rotatable bonds is 5. The van der Waals surface area contributed by atoms with E-state index in [1.54, 1.807) is 20.4 Å². The van der Waals surface area contributed by atoms with Crippen molar-refractivity contribution in [3.63, 3.8) is 0 Å². The number of amides is 1. The average molecular weight is 538 g/mol. The van der Waals surface area contributed by atoms with Crippen molar-refractivity contribution in [1.29, 1.82) is 0 Å². The van der Waals surface area contributed by atoms with Gasteiger partial charge in [-0.25, -0.2) is 14.8 Å². The predicted octanol–water partition coefficient (Wildman–Crippen LogP) is 4.61. The van der Waals surface area contributed by atoms with Crippen LogP contribution in [0.2, 0.25) is 0 Å². The molecule has 1 aliphatic rings. The van der Waals surface area contributed by atoms with E-state index in [2.05, 4.69) is 61.8 Å². The molecule has 1 amide bonds. The second-order valence-electron chi connectivity index (χ2n) is 9.60. The molecule has 39 heavy (non-hydrogen) atoms. The first-order valence-electron chi connectivity index (χ1n) is 12.7. The molecule has 3 aromatic heterocycles. The third-order valence-electron chi connectivity index (χ3n) is 6.50. The highest BCUT2D eigenvalue weighted by Gasteiger charge is 2.26. The van der Waals surface area contributed by atoms with Crippen molar-refractivity contribution in [2.24, 2.45) is 0 Å². The molecule has 4 heterocycles. The fourth-order valence-corrected chi connectivity index (χ4v) is 5.37. The summed E-state index contributed by atoms with van der Waals surface area (Å²) >= 11 is 1.53. The molecule has 0 saturated carbocycles. The number of aromatic nitrogens is 4. The Balaban J connectivity index is 1.16. The fourth-order valence-electron chi connectivity index (χ4n) is 4.51. The van der Waals surface area contributed by atoms with Crippen LogP contribution in [-0.2, 0) is 11.3 Å². The van der Waals surface area contributed by atoms with Crippen LogP contribution >= 0.6 is 11.3 Å². The zero-order valence-electron chi connectivity index (χ0n) is 21.6. The molecule has 10 heteroatoms. The lowest BCUT2D eigenvalue weighted by Gasteiger charge is -2.15. The Labute approximate surface area is 229 Å². The Bertz CT molecular complexity index is 1700. The summed E-state index contributed by atoms with van der Waals surface area (Å²) in [5.41, 5.74) is 3.21. The molecular formula is C29H27N7O2S. The molecule has 0 radical (unpaired) electrons. The van der Waals surface area contributed by atoms with E-state index in [1.807, 2.05) is 41.2 Å². The number of hydrogen-bond donors (Lipinski definition) is 2. The average Bonchev–Trinajstić information content (AvgIpc) is 3.67. The summed E-state index contributed by atoms with van der Waals surface area (Å²) in [6, 6.07) is 18.5. The first-order chi connectivity index (χ1) is 19.0. The highest BCUT2D eigenvalue weighted by Crippen LogP contribution is 2.30. The smallest absolute Gasteiger partial charge is 0.409 e. The molecule has 2 N–H and O–H groups in total. The van der Waals surface area contributed by atoms with E-state index in [4.69, 9.17) is 4.74 Å². The van der Waals surface area contributed by atoms with Gasteiger partial charge in [-0.3, -0.25) is 10.00 Å². The van der Waals surface area contributed by atoms with Gasteiger partial charge in [-0.15, -0.1) is 11.3 Å². The third kappa shape index (κ3) is 5.55. The lowest BCUT2D eigenvalue weighted by molar-refractivity contribution is 0.0826. The molecule has 2 atom stereocenters. The van der Waals surface area contributed by atoms with E-state index in [1.165, 1.54) is 21.8 Å². The van der Waals surface area contributed by atoms with Crippen molar-refractivity contribution < 1.29 is 9.53 Å². The summed E-state index contributed by atoms with van der Waals surface area (Å²) in [6.07, 6.45) is 3.61. The molecule has 1 fully saturated rings. The van der Waals surface area contributed by atoms with Crippen molar-refractivity contribution >= 4 is 50.1 Å². The second-order valence-corrected chi connectivity index (χ2v) is 10.6. The van der Waals surface area contributed by atoms with Crippen LogP contribution in [0.3, 0.4) is 0 Å². The Morgan fingerprint density at radius 2 is 2.08 bits per heavy atom. The molecule has 2 aromatic carbocycles. The van der Waals surface area contributed by atoms with Crippen LogP contribution in [0.15, 0.2) is 67.1 Å². The molecule has 6 rings (SSSR count). The number of ether oxygens (including phenoxy) is 1. The topological polar surface area (TPSA) is 97.2 Å². The van der Waals surface area contributed by atoms with E-state index in [0.717, 1.165) is 44.0 Å². The molecule has 1 saturated heterocycles. The monoisotopic (exact) mass is 537 g/mol. The van der Waals surface area contributed by atoms with Gasteiger partial charge in [-0.05, 0) is 29.8 Å². The molecule has 0 unspecified atom stereocenters. The van der Waals surface area contributed by atoms with Crippen LogP contribution in [-0.4, -0.2) is 63.5 Å². The van der Waals surface area contributed by atoms with Gasteiger partial charge in [0.05, 0.1) is 34.6 Å². The van der Waals surface area contributed by atoms with Gasteiger partial charge >= 0.3 is 6.09 Å². The normalized spacial score (nSPS) is 16.7. The van der Waals surface area contributed by atoms with Crippen LogP contribution in [0.4, 0.5) is 16.3 Å². The van der Waals surface area contributed by atoms with Gasteiger partial charge in [-0.2, -0.15) is 5.10 Å². The van der Waals surface area contributed by atoms with Gasteiger partial charge in [0.25, 0.3) is 0 Å². The molecule has 1 aliphatic heterocycles. The first-order valence-corrected chi connectivity index (χ1v) is 13.5. The predicted molar refractivity (Wildman–Crippen MR) is 153 cm³/mol. The number of carbonyl (C=O) groups excluding carboxylic acids is 1. The van der Waals surface area contributed by atoms with Crippen molar-refractivity contribution in [3.8, 4) is 11.8 Å². The van der Waals surface area contributed by atoms with Gasteiger partial charge in [-0.1, -0.05) is 42.2 Å². The van der Waals surface area contributed by atoms with Crippen LogP contribution < -0.4 is 10.6 Å². The van der Waals surface area contributed by atoms with E-state index >= 15 is 0 Å². The number of fused-ring (bicyclic) bond motifs is 2. The Morgan fingerprint density at radius 1 is 1.21 bits per heavy atom. The van der Waals surface area contributed by atoms with Crippen LogP contribution in [0.1, 0.15) is 16.9 Å². The maximum Gasteiger partial charge on any atom is 0.409 e.